The molecule has 0 aliphatic rings. The van der Waals surface area contributed by atoms with Crippen molar-refractivity contribution in [1.29, 1.82) is 0 Å². The van der Waals surface area contributed by atoms with E-state index in [4.69, 9.17) is 16.6 Å². The number of thiocarbonyl (C=S) groups is 1. The van der Waals surface area contributed by atoms with Crippen molar-refractivity contribution >= 4 is 39.0 Å². The molecule has 3 N–H and O–H groups in total. The molecule has 0 radical (unpaired) electrons. The topological polar surface area (TPSA) is 95.8 Å². The highest BCUT2D eigenvalue weighted by atomic mass is 79.9. The second-order valence-electron chi connectivity index (χ2n) is 6.18. The molecule has 0 bridgehead atoms. The summed E-state index contributed by atoms with van der Waals surface area (Å²) in [5, 5.41) is 14.7. The Kier molecular flexibility index (Phi) is 6.25. The molecule has 146 valence electrons. The van der Waals surface area contributed by atoms with Crippen LogP contribution >= 0.6 is 28.1 Å². The van der Waals surface area contributed by atoms with Crippen molar-refractivity contribution in [1.82, 2.24) is 25.8 Å². The molecule has 28 heavy (non-hydrogen) atoms. The van der Waals surface area contributed by atoms with Crippen molar-refractivity contribution in [3.63, 3.8) is 0 Å². The number of aromatic nitrogens is 3. The predicted octanol–water partition coefficient (Wildman–Crippen LogP) is 3.66. The van der Waals surface area contributed by atoms with Crippen LogP contribution in [0.1, 0.15) is 40.0 Å². The Morgan fingerprint density at radius 1 is 1.29 bits per heavy atom. The van der Waals surface area contributed by atoms with Crippen molar-refractivity contribution in [2.24, 2.45) is 0 Å². The van der Waals surface area contributed by atoms with E-state index < -0.39 is 0 Å². The van der Waals surface area contributed by atoms with Gasteiger partial charge in [0, 0.05) is 27.8 Å². The van der Waals surface area contributed by atoms with E-state index in [0.29, 0.717) is 40.3 Å². The van der Waals surface area contributed by atoms with Crippen LogP contribution in [0.2, 0.25) is 0 Å². The van der Waals surface area contributed by atoms with E-state index in [0.717, 1.165) is 22.3 Å². The number of aromatic amines is 1. The number of H-pyrrole nitrogens is 1. The highest BCUT2D eigenvalue weighted by Gasteiger charge is 2.23. The molecule has 0 fully saturated rings. The van der Waals surface area contributed by atoms with E-state index in [-0.39, 0.29) is 5.78 Å². The van der Waals surface area contributed by atoms with E-state index in [9.17, 15) is 4.79 Å². The summed E-state index contributed by atoms with van der Waals surface area (Å²) in [5.74, 6) is 0.679. The van der Waals surface area contributed by atoms with E-state index in [2.05, 4.69) is 41.7 Å². The average Bonchev–Trinajstić information content (AvgIpc) is 3.24. The number of rotatable bonds is 6. The van der Waals surface area contributed by atoms with E-state index in [1.807, 2.05) is 32.9 Å². The molecular weight excluding hydrogens is 442 g/mol. The van der Waals surface area contributed by atoms with Crippen LogP contribution < -0.4 is 10.6 Å². The lowest BCUT2D eigenvalue weighted by Gasteiger charge is -2.05. The standard InChI is InChI=1S/C19H20BrN5O2S/c1-4-21-19(28)22-9-14-24-25-18(27-14)16-10(2)15(11(3)23-16)17(26)12-6-5-7-13(20)8-12/h5-8,23H,4,9H2,1-3H3,(H2,21,22,28). The van der Waals surface area contributed by atoms with Gasteiger partial charge in [0.2, 0.25) is 5.89 Å². The molecule has 0 atom stereocenters. The van der Waals surface area contributed by atoms with Crippen LogP contribution in [0, 0.1) is 13.8 Å². The molecule has 1 aromatic carbocycles. The minimum absolute atomic E-state index is 0.0591. The summed E-state index contributed by atoms with van der Waals surface area (Å²) in [4.78, 5) is 16.2. The first kappa shape index (κ1) is 20.2. The fraction of sp³-hybridized carbons (Fsp3) is 0.263. The number of hydrogen-bond donors (Lipinski definition) is 3. The molecule has 0 amide bonds. The maximum atomic E-state index is 13.0. The lowest BCUT2D eigenvalue weighted by molar-refractivity contribution is 0.103. The first-order chi connectivity index (χ1) is 13.4. The number of halogens is 1. The van der Waals surface area contributed by atoms with Crippen LogP contribution in [0.25, 0.3) is 11.6 Å². The minimum atomic E-state index is -0.0591. The second kappa shape index (κ2) is 8.66. The number of benzene rings is 1. The predicted molar refractivity (Wildman–Crippen MR) is 114 cm³/mol. The summed E-state index contributed by atoms with van der Waals surface area (Å²) in [6.07, 6.45) is 0. The van der Waals surface area contributed by atoms with E-state index in [1.165, 1.54) is 0 Å². The largest absolute Gasteiger partial charge is 0.417 e. The summed E-state index contributed by atoms with van der Waals surface area (Å²) in [6.45, 7) is 6.74. The maximum absolute atomic E-state index is 13.0. The molecule has 3 rings (SSSR count). The van der Waals surface area contributed by atoms with E-state index >= 15 is 0 Å². The van der Waals surface area contributed by atoms with Gasteiger partial charge in [0.05, 0.1) is 6.54 Å². The van der Waals surface area contributed by atoms with Crippen LogP contribution in [0.4, 0.5) is 0 Å². The third-order valence-electron chi connectivity index (χ3n) is 4.17. The summed E-state index contributed by atoms with van der Waals surface area (Å²) >= 11 is 8.53. The third kappa shape index (κ3) is 4.31. The van der Waals surface area contributed by atoms with Crippen LogP contribution in [-0.4, -0.2) is 32.6 Å². The van der Waals surface area contributed by atoms with Gasteiger partial charge in [-0.3, -0.25) is 4.79 Å². The zero-order valence-electron chi connectivity index (χ0n) is 15.7. The molecule has 0 unspecified atom stereocenters. The highest BCUT2D eigenvalue weighted by molar-refractivity contribution is 9.10. The molecule has 0 saturated carbocycles. The molecule has 0 aliphatic carbocycles. The Bertz CT molecular complexity index is 1030. The molecule has 7 nitrogen and oxygen atoms in total. The van der Waals surface area contributed by atoms with Gasteiger partial charge in [0.25, 0.3) is 5.89 Å². The molecular formula is C19H20BrN5O2S. The SMILES string of the molecule is CCNC(=S)NCc1nnc(-c2[nH]c(C)c(C(=O)c3cccc(Br)c3)c2C)o1. The summed E-state index contributed by atoms with van der Waals surface area (Å²) in [7, 11) is 0. The zero-order chi connectivity index (χ0) is 20.3. The van der Waals surface area contributed by atoms with Gasteiger partial charge in [0.1, 0.15) is 5.69 Å². The third-order valence-corrected chi connectivity index (χ3v) is 4.95. The van der Waals surface area contributed by atoms with Crippen molar-refractivity contribution in [3.05, 3.63) is 57.0 Å². The first-order valence-corrected chi connectivity index (χ1v) is 9.94. The molecule has 0 saturated heterocycles. The van der Waals surface area contributed by atoms with Gasteiger partial charge in [-0.05, 0) is 50.7 Å². The Morgan fingerprint density at radius 2 is 2.07 bits per heavy atom. The zero-order valence-corrected chi connectivity index (χ0v) is 18.1. The number of aryl methyl sites for hydroxylation is 1. The molecule has 2 aromatic heterocycles. The normalized spacial score (nSPS) is 10.7. The summed E-state index contributed by atoms with van der Waals surface area (Å²) in [6, 6.07) is 7.32. The number of nitrogens with one attached hydrogen (secondary N) is 3. The van der Waals surface area contributed by atoms with Crippen molar-refractivity contribution in [2.75, 3.05) is 6.54 Å². The monoisotopic (exact) mass is 461 g/mol. The van der Waals surface area contributed by atoms with Crippen molar-refractivity contribution < 1.29 is 9.21 Å². The first-order valence-electron chi connectivity index (χ1n) is 8.74. The van der Waals surface area contributed by atoms with Crippen LogP contribution in [0.15, 0.2) is 33.2 Å². The molecule has 0 spiro atoms. The smallest absolute Gasteiger partial charge is 0.264 e. The molecule has 9 heteroatoms. The van der Waals surface area contributed by atoms with Gasteiger partial charge in [-0.25, -0.2) is 0 Å². The number of ketones is 1. The van der Waals surface area contributed by atoms with Crippen LogP contribution in [0.5, 0.6) is 0 Å². The summed E-state index contributed by atoms with van der Waals surface area (Å²) in [5.41, 5.74) is 3.39. The van der Waals surface area contributed by atoms with Gasteiger partial charge >= 0.3 is 0 Å². The Hall–Kier alpha value is -2.52. The minimum Gasteiger partial charge on any atom is -0.417 e. The van der Waals surface area contributed by atoms with Gasteiger partial charge in [-0.2, -0.15) is 0 Å². The molecule has 0 aliphatic heterocycles. The van der Waals surface area contributed by atoms with Crippen LogP contribution in [0.3, 0.4) is 0 Å². The van der Waals surface area contributed by atoms with Gasteiger partial charge < -0.3 is 20.0 Å². The number of carbonyl (C=O) groups excluding carboxylic acids is 1. The number of hydrogen-bond acceptors (Lipinski definition) is 5. The van der Waals surface area contributed by atoms with Gasteiger partial charge in [-0.1, -0.05) is 28.1 Å². The Morgan fingerprint density at radius 3 is 2.79 bits per heavy atom. The quantitative estimate of drug-likeness (QED) is 0.380. The molecule has 2 heterocycles. The highest BCUT2D eigenvalue weighted by Crippen LogP contribution is 2.29. The number of carbonyl (C=O) groups is 1. The fourth-order valence-electron chi connectivity index (χ4n) is 2.88. The van der Waals surface area contributed by atoms with Crippen molar-refractivity contribution in [2.45, 2.75) is 27.3 Å². The Labute approximate surface area is 176 Å². The number of nitrogens with zero attached hydrogens (tertiary/aromatic N) is 2. The maximum Gasteiger partial charge on any atom is 0.264 e. The van der Waals surface area contributed by atoms with Crippen molar-refractivity contribution in [3.8, 4) is 11.6 Å². The van der Waals surface area contributed by atoms with Gasteiger partial charge in [-0.15, -0.1) is 10.2 Å². The lowest BCUT2D eigenvalue weighted by atomic mass is 10.00. The summed E-state index contributed by atoms with van der Waals surface area (Å²) < 4.78 is 6.59. The molecule has 3 aromatic rings. The fourth-order valence-corrected chi connectivity index (χ4v) is 3.50. The lowest BCUT2D eigenvalue weighted by Crippen LogP contribution is -2.34. The second-order valence-corrected chi connectivity index (χ2v) is 7.50. The van der Waals surface area contributed by atoms with Gasteiger partial charge in [0.15, 0.2) is 10.9 Å². The van der Waals surface area contributed by atoms with E-state index in [1.54, 1.807) is 12.1 Å². The average molecular weight is 462 g/mol. The Balaban J connectivity index is 1.84. The van der Waals surface area contributed by atoms with Crippen LogP contribution in [-0.2, 0) is 6.54 Å².